The Kier molecular flexibility index (Phi) is 7.74. The minimum atomic E-state index is -0.130. The smallest absolute Gasteiger partial charge is 0.306 e. The van der Waals surface area contributed by atoms with Gasteiger partial charge in [0.05, 0.1) is 30.2 Å². The predicted molar refractivity (Wildman–Crippen MR) is 148 cm³/mol. The average molecular weight is 530 g/mol. The Bertz CT molecular complexity index is 1450. The van der Waals surface area contributed by atoms with Crippen LogP contribution in [-0.2, 0) is 22.4 Å². The van der Waals surface area contributed by atoms with Gasteiger partial charge in [-0.05, 0) is 92.6 Å². The summed E-state index contributed by atoms with van der Waals surface area (Å²) in [4.78, 5) is 30.0. The number of nitrogens with zero attached hydrogens (tertiary/aromatic N) is 1. The Morgan fingerprint density at radius 1 is 1.08 bits per heavy atom. The average Bonchev–Trinajstić information content (AvgIpc) is 3.64. The SMILES string of the molecule is CCOC(=O)CC1CCc2cc(OCCc3nc(-c4ccc(-c5ccc(C(C)=O)s5)cc4)oc3C)ccc21. The van der Waals surface area contributed by atoms with Crippen LogP contribution in [0.3, 0.4) is 0 Å². The second kappa shape index (κ2) is 11.4. The van der Waals surface area contributed by atoms with Gasteiger partial charge in [-0.2, -0.15) is 0 Å². The van der Waals surface area contributed by atoms with E-state index in [9.17, 15) is 9.59 Å². The summed E-state index contributed by atoms with van der Waals surface area (Å²) in [7, 11) is 0. The molecule has 0 aliphatic heterocycles. The highest BCUT2D eigenvalue weighted by molar-refractivity contribution is 7.17. The van der Waals surface area contributed by atoms with E-state index < -0.39 is 0 Å². The van der Waals surface area contributed by atoms with Crippen LogP contribution in [0.5, 0.6) is 5.75 Å². The highest BCUT2D eigenvalue weighted by Crippen LogP contribution is 2.37. The number of aromatic nitrogens is 1. The third kappa shape index (κ3) is 5.73. The number of hydrogen-bond donors (Lipinski definition) is 0. The van der Waals surface area contributed by atoms with Crippen molar-refractivity contribution in [2.45, 2.75) is 52.4 Å². The van der Waals surface area contributed by atoms with Crippen molar-refractivity contribution in [3.05, 3.63) is 82.1 Å². The van der Waals surface area contributed by atoms with Gasteiger partial charge in [-0.25, -0.2) is 4.98 Å². The van der Waals surface area contributed by atoms with Crippen molar-refractivity contribution >= 4 is 23.1 Å². The fourth-order valence-electron chi connectivity index (χ4n) is 4.91. The molecule has 0 amide bonds. The molecule has 5 rings (SSSR count). The van der Waals surface area contributed by atoms with Gasteiger partial charge in [-0.3, -0.25) is 9.59 Å². The van der Waals surface area contributed by atoms with Gasteiger partial charge in [-0.15, -0.1) is 11.3 Å². The molecule has 1 atom stereocenters. The van der Waals surface area contributed by atoms with Gasteiger partial charge in [0.15, 0.2) is 5.78 Å². The molecule has 1 aliphatic carbocycles. The molecule has 6 nitrogen and oxygen atoms in total. The first-order valence-corrected chi connectivity index (χ1v) is 13.8. The van der Waals surface area contributed by atoms with Crippen LogP contribution in [0.2, 0.25) is 0 Å². The maximum atomic E-state index is 11.9. The number of Topliss-reactive ketones (excluding diaryl/α,β-unsaturated/α-hetero) is 1. The van der Waals surface area contributed by atoms with E-state index in [1.807, 2.05) is 56.3 Å². The Labute approximate surface area is 226 Å². The van der Waals surface area contributed by atoms with Gasteiger partial charge in [0.25, 0.3) is 0 Å². The summed E-state index contributed by atoms with van der Waals surface area (Å²) < 4.78 is 17.1. The van der Waals surface area contributed by atoms with Gasteiger partial charge < -0.3 is 13.9 Å². The predicted octanol–water partition coefficient (Wildman–Crippen LogP) is 7.19. The lowest BCUT2D eigenvalue weighted by Crippen LogP contribution is -2.08. The van der Waals surface area contributed by atoms with Crippen LogP contribution < -0.4 is 4.74 Å². The van der Waals surface area contributed by atoms with Gasteiger partial charge >= 0.3 is 5.97 Å². The molecule has 0 saturated heterocycles. The van der Waals surface area contributed by atoms with E-state index in [4.69, 9.17) is 18.9 Å². The van der Waals surface area contributed by atoms with Crippen LogP contribution in [0.1, 0.15) is 64.9 Å². The second-order valence-corrected chi connectivity index (χ2v) is 10.6. The number of carbonyl (C=O) groups excluding carboxylic acids is 2. The highest BCUT2D eigenvalue weighted by atomic mass is 32.1. The Morgan fingerprint density at radius 2 is 1.87 bits per heavy atom. The maximum absolute atomic E-state index is 11.9. The molecule has 2 aromatic heterocycles. The summed E-state index contributed by atoms with van der Waals surface area (Å²) >= 11 is 1.50. The molecule has 2 heterocycles. The Balaban J connectivity index is 1.18. The van der Waals surface area contributed by atoms with E-state index >= 15 is 0 Å². The molecular weight excluding hydrogens is 498 g/mol. The first-order valence-electron chi connectivity index (χ1n) is 13.0. The van der Waals surface area contributed by atoms with E-state index in [1.165, 1.54) is 22.5 Å². The molecule has 0 N–H and O–H groups in total. The third-order valence-electron chi connectivity index (χ3n) is 6.90. The summed E-state index contributed by atoms with van der Waals surface area (Å²) in [5.74, 6) is 2.39. The minimum Gasteiger partial charge on any atom is -0.493 e. The molecule has 4 aromatic rings. The largest absolute Gasteiger partial charge is 0.493 e. The number of carbonyl (C=O) groups is 2. The summed E-state index contributed by atoms with van der Waals surface area (Å²) in [5, 5.41) is 0. The van der Waals surface area contributed by atoms with Gasteiger partial charge in [0, 0.05) is 16.9 Å². The number of thiophene rings is 1. The Morgan fingerprint density at radius 3 is 2.61 bits per heavy atom. The molecule has 0 fully saturated rings. The van der Waals surface area contributed by atoms with E-state index in [2.05, 4.69) is 12.1 Å². The molecule has 0 radical (unpaired) electrons. The van der Waals surface area contributed by atoms with Crippen molar-refractivity contribution in [1.29, 1.82) is 0 Å². The molecular formula is C31H31NO5S. The number of ether oxygens (including phenoxy) is 2. The van der Waals surface area contributed by atoms with E-state index in [0.717, 1.165) is 50.9 Å². The van der Waals surface area contributed by atoms with Crippen molar-refractivity contribution in [2.75, 3.05) is 13.2 Å². The lowest BCUT2D eigenvalue weighted by molar-refractivity contribution is -0.143. The number of fused-ring (bicyclic) bond motifs is 1. The lowest BCUT2D eigenvalue weighted by atomic mass is 9.98. The number of hydrogen-bond acceptors (Lipinski definition) is 7. The summed E-state index contributed by atoms with van der Waals surface area (Å²) in [5.41, 5.74) is 5.32. The van der Waals surface area contributed by atoms with Crippen molar-refractivity contribution in [2.24, 2.45) is 0 Å². The highest BCUT2D eigenvalue weighted by Gasteiger charge is 2.25. The zero-order valence-electron chi connectivity index (χ0n) is 21.9. The van der Waals surface area contributed by atoms with Crippen LogP contribution in [0, 0.1) is 6.92 Å². The third-order valence-corrected chi connectivity index (χ3v) is 8.14. The number of rotatable bonds is 10. The topological polar surface area (TPSA) is 78.6 Å². The standard InChI is InChI=1S/C31H31NO5S/c1-4-35-30(34)18-24-10-9-23-17-25(11-12-26(23)24)36-16-15-27-20(3)37-31(32-27)22-7-5-21(6-8-22)29-14-13-28(38-29)19(2)33/h5-8,11-14,17,24H,4,9-10,15-16,18H2,1-3H3. The summed E-state index contributed by atoms with van der Waals surface area (Å²) in [6.45, 7) is 6.26. The summed E-state index contributed by atoms with van der Waals surface area (Å²) in [6, 6.07) is 18.1. The van der Waals surface area contributed by atoms with Crippen LogP contribution in [0.25, 0.3) is 21.9 Å². The van der Waals surface area contributed by atoms with Crippen LogP contribution in [0.4, 0.5) is 0 Å². The molecule has 196 valence electrons. The van der Waals surface area contributed by atoms with Crippen LogP contribution >= 0.6 is 11.3 Å². The van der Waals surface area contributed by atoms with Crippen molar-refractivity contribution in [3.63, 3.8) is 0 Å². The number of oxazole rings is 1. The van der Waals surface area contributed by atoms with Gasteiger partial charge in [0.2, 0.25) is 5.89 Å². The van der Waals surface area contributed by atoms with Crippen LogP contribution in [0.15, 0.2) is 59.0 Å². The number of esters is 1. The monoisotopic (exact) mass is 529 g/mol. The molecule has 0 bridgehead atoms. The van der Waals surface area contributed by atoms with E-state index in [1.54, 1.807) is 6.92 Å². The molecule has 0 spiro atoms. The molecule has 1 aliphatic rings. The number of ketones is 1. The zero-order chi connectivity index (χ0) is 26.6. The first-order chi connectivity index (χ1) is 18.4. The van der Waals surface area contributed by atoms with E-state index in [0.29, 0.717) is 31.9 Å². The van der Waals surface area contributed by atoms with Crippen molar-refractivity contribution in [1.82, 2.24) is 4.98 Å². The summed E-state index contributed by atoms with van der Waals surface area (Å²) in [6.07, 6.45) is 2.99. The number of aryl methyl sites for hydroxylation is 2. The molecule has 2 aromatic carbocycles. The van der Waals surface area contributed by atoms with Crippen molar-refractivity contribution < 1.29 is 23.5 Å². The fourth-order valence-corrected chi connectivity index (χ4v) is 5.82. The van der Waals surface area contributed by atoms with Crippen LogP contribution in [-0.4, -0.2) is 30.0 Å². The fraction of sp³-hybridized carbons (Fsp3) is 0.323. The minimum absolute atomic E-state index is 0.0838. The molecule has 0 saturated carbocycles. The molecule has 7 heteroatoms. The van der Waals surface area contributed by atoms with Crippen molar-refractivity contribution in [3.8, 4) is 27.6 Å². The zero-order valence-corrected chi connectivity index (χ0v) is 22.7. The molecule has 1 unspecified atom stereocenters. The van der Waals surface area contributed by atoms with Gasteiger partial charge in [0.1, 0.15) is 11.5 Å². The first kappa shape index (κ1) is 25.9. The maximum Gasteiger partial charge on any atom is 0.306 e. The Hall–Kier alpha value is -3.71. The number of benzene rings is 2. The second-order valence-electron chi connectivity index (χ2n) is 9.52. The van der Waals surface area contributed by atoms with Gasteiger partial charge in [-0.1, -0.05) is 18.2 Å². The van der Waals surface area contributed by atoms with E-state index in [-0.39, 0.29) is 17.7 Å². The normalized spacial score (nSPS) is 14.3. The molecule has 38 heavy (non-hydrogen) atoms. The lowest BCUT2D eigenvalue weighted by Gasteiger charge is -2.12. The quantitative estimate of drug-likeness (QED) is 0.160.